The number of morpholine rings is 1. The first-order valence-electron chi connectivity index (χ1n) is 7.13. The van der Waals surface area contributed by atoms with E-state index in [1.807, 2.05) is 0 Å². The molecule has 2 aliphatic heterocycles. The van der Waals surface area contributed by atoms with Crippen molar-refractivity contribution in [3.63, 3.8) is 0 Å². The Balaban J connectivity index is 1.58. The zero-order valence-corrected chi connectivity index (χ0v) is 11.9. The van der Waals surface area contributed by atoms with Crippen LogP contribution in [0.25, 0.3) is 0 Å². The summed E-state index contributed by atoms with van der Waals surface area (Å²) in [7, 11) is 0. The van der Waals surface area contributed by atoms with Gasteiger partial charge in [-0.2, -0.15) is 0 Å². The molecule has 2 heterocycles. The van der Waals surface area contributed by atoms with Gasteiger partial charge in [-0.1, -0.05) is 6.92 Å². The molecule has 0 aromatic heterocycles. The number of carbonyl (C=O) groups excluding carboxylic acids is 1. The summed E-state index contributed by atoms with van der Waals surface area (Å²) in [5, 5.41) is 11.8. The number of carboxylic acid groups (broad SMARTS) is 1. The SMILES string of the molecule is CC(C(=O)O)C1CN(C(=O)NCCN2CCOCC2)C1. The van der Waals surface area contributed by atoms with Crippen LogP contribution in [-0.4, -0.2) is 79.4 Å². The van der Waals surface area contributed by atoms with Crippen LogP contribution < -0.4 is 5.32 Å². The summed E-state index contributed by atoms with van der Waals surface area (Å²) in [6, 6.07) is -0.0906. The van der Waals surface area contributed by atoms with Crippen molar-refractivity contribution in [1.29, 1.82) is 0 Å². The predicted octanol–water partition coefficient (Wildman–Crippen LogP) is -0.319. The Bertz CT molecular complexity index is 352. The van der Waals surface area contributed by atoms with Crippen LogP contribution in [0.1, 0.15) is 6.92 Å². The number of amides is 2. The van der Waals surface area contributed by atoms with E-state index in [0.717, 1.165) is 32.8 Å². The highest BCUT2D eigenvalue weighted by atomic mass is 16.5. The molecular formula is C13H23N3O4. The summed E-state index contributed by atoms with van der Waals surface area (Å²) in [6.45, 7) is 7.57. The number of nitrogens with one attached hydrogen (secondary N) is 1. The second-order valence-corrected chi connectivity index (χ2v) is 5.48. The zero-order valence-electron chi connectivity index (χ0n) is 11.9. The third-order valence-corrected chi connectivity index (χ3v) is 4.10. The number of hydrogen-bond acceptors (Lipinski definition) is 4. The van der Waals surface area contributed by atoms with Gasteiger partial charge in [-0.05, 0) is 0 Å². The van der Waals surface area contributed by atoms with Gasteiger partial charge in [0.25, 0.3) is 0 Å². The van der Waals surface area contributed by atoms with E-state index >= 15 is 0 Å². The molecular weight excluding hydrogens is 262 g/mol. The largest absolute Gasteiger partial charge is 0.481 e. The molecule has 7 heteroatoms. The van der Waals surface area contributed by atoms with Gasteiger partial charge in [0.2, 0.25) is 0 Å². The number of urea groups is 1. The lowest BCUT2D eigenvalue weighted by molar-refractivity contribution is -0.144. The van der Waals surface area contributed by atoms with Crippen LogP contribution >= 0.6 is 0 Å². The summed E-state index contributed by atoms with van der Waals surface area (Å²) < 4.78 is 5.26. The van der Waals surface area contributed by atoms with Crippen LogP contribution in [-0.2, 0) is 9.53 Å². The molecule has 0 bridgehead atoms. The summed E-state index contributed by atoms with van der Waals surface area (Å²) in [5.41, 5.74) is 0. The van der Waals surface area contributed by atoms with Gasteiger partial charge in [-0.3, -0.25) is 9.69 Å². The van der Waals surface area contributed by atoms with Crippen molar-refractivity contribution in [3.8, 4) is 0 Å². The molecule has 2 rings (SSSR count). The number of rotatable bonds is 5. The van der Waals surface area contributed by atoms with Crippen LogP contribution in [0.5, 0.6) is 0 Å². The van der Waals surface area contributed by atoms with Gasteiger partial charge in [-0.25, -0.2) is 4.79 Å². The van der Waals surface area contributed by atoms with Crippen molar-refractivity contribution >= 4 is 12.0 Å². The minimum absolute atomic E-state index is 0.0810. The lowest BCUT2D eigenvalue weighted by Gasteiger charge is -2.41. The maximum absolute atomic E-state index is 11.8. The molecule has 0 aliphatic carbocycles. The van der Waals surface area contributed by atoms with Crippen molar-refractivity contribution in [2.75, 3.05) is 52.5 Å². The molecule has 2 N–H and O–H groups in total. The number of carbonyl (C=O) groups is 2. The molecule has 114 valence electrons. The Morgan fingerprint density at radius 1 is 1.35 bits per heavy atom. The van der Waals surface area contributed by atoms with Gasteiger partial charge >= 0.3 is 12.0 Å². The second kappa shape index (κ2) is 6.90. The van der Waals surface area contributed by atoms with Crippen molar-refractivity contribution in [2.45, 2.75) is 6.92 Å². The van der Waals surface area contributed by atoms with Crippen molar-refractivity contribution in [1.82, 2.24) is 15.1 Å². The minimum Gasteiger partial charge on any atom is -0.481 e. The summed E-state index contributed by atoms with van der Waals surface area (Å²) in [4.78, 5) is 26.6. The van der Waals surface area contributed by atoms with Gasteiger partial charge < -0.3 is 20.1 Å². The van der Waals surface area contributed by atoms with E-state index in [4.69, 9.17) is 9.84 Å². The summed E-state index contributed by atoms with van der Waals surface area (Å²) >= 11 is 0. The smallest absolute Gasteiger partial charge is 0.317 e. The average molecular weight is 285 g/mol. The van der Waals surface area contributed by atoms with E-state index in [1.54, 1.807) is 11.8 Å². The summed E-state index contributed by atoms with van der Waals surface area (Å²) in [6.07, 6.45) is 0. The fourth-order valence-electron chi connectivity index (χ4n) is 2.45. The molecule has 7 nitrogen and oxygen atoms in total. The number of carboxylic acids is 1. The average Bonchev–Trinajstić information content (AvgIpc) is 2.38. The monoisotopic (exact) mass is 285 g/mol. The minimum atomic E-state index is -0.789. The topological polar surface area (TPSA) is 82.1 Å². The third-order valence-electron chi connectivity index (χ3n) is 4.10. The maximum Gasteiger partial charge on any atom is 0.317 e. The molecule has 0 aromatic carbocycles. The quantitative estimate of drug-likeness (QED) is 0.723. The molecule has 0 aromatic rings. The number of nitrogens with zero attached hydrogens (tertiary/aromatic N) is 2. The van der Waals surface area contributed by atoms with E-state index in [9.17, 15) is 9.59 Å². The molecule has 2 aliphatic rings. The van der Waals surface area contributed by atoms with Gasteiger partial charge in [0.05, 0.1) is 19.1 Å². The van der Waals surface area contributed by atoms with E-state index in [2.05, 4.69) is 10.2 Å². The number of hydrogen-bond donors (Lipinski definition) is 2. The first kappa shape index (κ1) is 15.1. The lowest BCUT2D eigenvalue weighted by Crippen LogP contribution is -2.57. The molecule has 1 unspecified atom stereocenters. The van der Waals surface area contributed by atoms with E-state index < -0.39 is 5.97 Å². The van der Waals surface area contributed by atoms with Crippen LogP contribution in [0.4, 0.5) is 4.79 Å². The van der Waals surface area contributed by atoms with E-state index in [0.29, 0.717) is 19.6 Å². The Labute approximate surface area is 118 Å². The van der Waals surface area contributed by atoms with Crippen molar-refractivity contribution in [2.24, 2.45) is 11.8 Å². The van der Waals surface area contributed by atoms with Crippen LogP contribution in [0, 0.1) is 11.8 Å². The van der Waals surface area contributed by atoms with Gasteiger partial charge in [-0.15, -0.1) is 0 Å². The second-order valence-electron chi connectivity index (χ2n) is 5.48. The van der Waals surface area contributed by atoms with Gasteiger partial charge in [0.1, 0.15) is 0 Å². The highest BCUT2D eigenvalue weighted by Crippen LogP contribution is 2.23. The third kappa shape index (κ3) is 3.83. The lowest BCUT2D eigenvalue weighted by atomic mass is 9.87. The first-order chi connectivity index (χ1) is 9.58. The molecule has 2 saturated heterocycles. The highest BCUT2D eigenvalue weighted by Gasteiger charge is 2.37. The molecule has 0 radical (unpaired) electrons. The summed E-state index contributed by atoms with van der Waals surface area (Å²) in [5.74, 6) is -1.09. The van der Waals surface area contributed by atoms with E-state index in [1.165, 1.54) is 0 Å². The molecule has 20 heavy (non-hydrogen) atoms. The molecule has 2 amide bonds. The Morgan fingerprint density at radius 2 is 2.00 bits per heavy atom. The normalized spacial score (nSPS) is 22.1. The standard InChI is InChI=1S/C13H23N3O4/c1-10(12(17)18)11-8-16(9-11)13(19)14-2-3-15-4-6-20-7-5-15/h10-11H,2-9H2,1H3,(H,14,19)(H,17,18). The Hall–Kier alpha value is -1.34. The Kier molecular flexibility index (Phi) is 5.19. The molecule has 1 atom stereocenters. The maximum atomic E-state index is 11.8. The van der Waals surface area contributed by atoms with Crippen LogP contribution in [0.3, 0.4) is 0 Å². The highest BCUT2D eigenvalue weighted by molar-refractivity contribution is 5.76. The first-order valence-corrected chi connectivity index (χ1v) is 7.13. The molecule has 0 spiro atoms. The fourth-order valence-corrected chi connectivity index (χ4v) is 2.45. The van der Waals surface area contributed by atoms with Gasteiger partial charge in [0, 0.05) is 45.2 Å². The zero-order chi connectivity index (χ0) is 14.5. The van der Waals surface area contributed by atoms with Crippen LogP contribution in [0.15, 0.2) is 0 Å². The molecule has 2 fully saturated rings. The number of likely N-dealkylation sites (tertiary alicyclic amines) is 1. The fraction of sp³-hybridized carbons (Fsp3) is 0.846. The van der Waals surface area contributed by atoms with Crippen LogP contribution in [0.2, 0.25) is 0 Å². The molecule has 0 saturated carbocycles. The van der Waals surface area contributed by atoms with Crippen molar-refractivity contribution in [3.05, 3.63) is 0 Å². The number of aliphatic carboxylic acids is 1. The Morgan fingerprint density at radius 3 is 2.60 bits per heavy atom. The van der Waals surface area contributed by atoms with Gasteiger partial charge in [0.15, 0.2) is 0 Å². The van der Waals surface area contributed by atoms with Crippen molar-refractivity contribution < 1.29 is 19.4 Å². The number of ether oxygens (including phenoxy) is 1. The van der Waals surface area contributed by atoms with E-state index in [-0.39, 0.29) is 17.9 Å². The predicted molar refractivity (Wildman–Crippen MR) is 72.5 cm³/mol.